The highest BCUT2D eigenvalue weighted by molar-refractivity contribution is 7.80. The molecular weight excluding hydrogens is 318 g/mol. The molecule has 2 atom stereocenters. The Labute approximate surface area is 124 Å². The average molecular weight is 331 g/mol. The molecule has 0 saturated carbocycles. The smallest absolute Gasteiger partial charge is 0.370 e. The number of nitrogens with zero attached hydrogens (tertiary/aromatic N) is 4. The molecule has 22 heavy (non-hydrogen) atoms. The van der Waals surface area contributed by atoms with E-state index < -0.39 is 28.5 Å². The third-order valence-electron chi connectivity index (χ3n) is 3.48. The Morgan fingerprint density at radius 3 is 2.95 bits per heavy atom. The summed E-state index contributed by atoms with van der Waals surface area (Å²) in [6.45, 7) is 0.237. The fraction of sp³-hybridized carbons (Fsp3) is 0.444. The zero-order valence-electron chi connectivity index (χ0n) is 11.1. The van der Waals surface area contributed by atoms with Crippen molar-refractivity contribution in [2.75, 3.05) is 13.1 Å². The number of hydroxylamine groups is 2. The molecule has 1 fully saturated rings. The van der Waals surface area contributed by atoms with Gasteiger partial charge >= 0.3 is 16.4 Å². The standard InChI is InChI=1S/C9H13N7O5S/c10-8(11)12-2-5-7-4(1-13-14-7)6-3-15(5)9(17)16(6)21-22(18,19)20/h1,5-6H,2-3H2,(H,13,14)(H4,10,11,12)(H,18,19,20)/t5-,6-/m1/s1. The second-order valence-electron chi connectivity index (χ2n) is 4.80. The predicted octanol–water partition coefficient (Wildman–Crippen LogP) is -1.75. The number of aliphatic imine (C=N–C) groups is 1. The van der Waals surface area contributed by atoms with Crippen LogP contribution in [-0.2, 0) is 14.7 Å². The Morgan fingerprint density at radius 2 is 2.32 bits per heavy atom. The number of aromatic amines is 1. The summed E-state index contributed by atoms with van der Waals surface area (Å²) < 4.78 is 35.0. The Hall–Kier alpha value is -2.38. The van der Waals surface area contributed by atoms with E-state index in [1.807, 2.05) is 0 Å². The number of aromatic nitrogens is 2. The van der Waals surface area contributed by atoms with Gasteiger partial charge in [-0.15, -0.1) is 4.28 Å². The highest BCUT2D eigenvalue weighted by Crippen LogP contribution is 2.43. The van der Waals surface area contributed by atoms with Gasteiger partial charge in [0.05, 0.1) is 31.0 Å². The van der Waals surface area contributed by atoms with Gasteiger partial charge in [0.15, 0.2) is 5.96 Å². The van der Waals surface area contributed by atoms with E-state index in [1.54, 1.807) is 0 Å². The molecule has 2 amide bonds. The second-order valence-corrected chi connectivity index (χ2v) is 5.80. The number of amides is 2. The van der Waals surface area contributed by atoms with Crippen molar-refractivity contribution in [1.82, 2.24) is 20.2 Å². The molecule has 1 saturated heterocycles. The van der Waals surface area contributed by atoms with E-state index in [-0.39, 0.29) is 19.0 Å². The number of urea groups is 1. The number of hydrogen-bond acceptors (Lipinski definition) is 6. The zero-order chi connectivity index (χ0) is 16.1. The van der Waals surface area contributed by atoms with Crippen LogP contribution in [0.15, 0.2) is 11.2 Å². The van der Waals surface area contributed by atoms with Crippen LogP contribution in [0.2, 0.25) is 0 Å². The quantitative estimate of drug-likeness (QED) is 0.284. The van der Waals surface area contributed by atoms with Gasteiger partial charge in [-0.25, -0.2) is 4.79 Å². The average Bonchev–Trinajstić information content (AvgIpc) is 2.97. The van der Waals surface area contributed by atoms with E-state index in [0.29, 0.717) is 16.3 Å². The molecule has 3 rings (SSSR count). The molecule has 2 bridgehead atoms. The lowest BCUT2D eigenvalue weighted by Crippen LogP contribution is -2.37. The van der Waals surface area contributed by atoms with E-state index in [4.69, 9.17) is 16.0 Å². The Kier molecular flexibility index (Phi) is 3.19. The lowest BCUT2D eigenvalue weighted by Gasteiger charge is -2.28. The summed E-state index contributed by atoms with van der Waals surface area (Å²) in [5.74, 6) is -0.138. The van der Waals surface area contributed by atoms with Crippen LogP contribution in [0.3, 0.4) is 0 Å². The molecule has 13 heteroatoms. The first-order valence-electron chi connectivity index (χ1n) is 6.13. The molecule has 3 heterocycles. The van der Waals surface area contributed by atoms with Crippen molar-refractivity contribution in [3.63, 3.8) is 0 Å². The van der Waals surface area contributed by atoms with Crippen LogP contribution in [0.25, 0.3) is 0 Å². The molecule has 6 N–H and O–H groups in total. The third-order valence-corrected chi connectivity index (χ3v) is 3.83. The van der Waals surface area contributed by atoms with E-state index in [1.165, 1.54) is 11.1 Å². The van der Waals surface area contributed by atoms with Crippen LogP contribution in [0, 0.1) is 0 Å². The van der Waals surface area contributed by atoms with Crippen LogP contribution >= 0.6 is 0 Å². The van der Waals surface area contributed by atoms with Crippen molar-refractivity contribution in [2.45, 2.75) is 12.1 Å². The van der Waals surface area contributed by atoms with E-state index >= 15 is 0 Å². The first-order valence-corrected chi connectivity index (χ1v) is 7.50. The van der Waals surface area contributed by atoms with Gasteiger partial charge in [0, 0.05) is 5.56 Å². The number of fused-ring (bicyclic) bond motifs is 4. The zero-order valence-corrected chi connectivity index (χ0v) is 11.9. The van der Waals surface area contributed by atoms with Crippen LogP contribution in [-0.4, -0.2) is 58.2 Å². The summed E-state index contributed by atoms with van der Waals surface area (Å²) in [6, 6.07) is -1.97. The summed E-state index contributed by atoms with van der Waals surface area (Å²) in [5.41, 5.74) is 11.7. The van der Waals surface area contributed by atoms with Crippen molar-refractivity contribution in [2.24, 2.45) is 16.5 Å². The van der Waals surface area contributed by atoms with Gasteiger partial charge in [0.25, 0.3) is 0 Å². The maximum absolute atomic E-state index is 12.3. The number of rotatable bonds is 4. The van der Waals surface area contributed by atoms with Gasteiger partial charge in [-0.3, -0.25) is 14.6 Å². The topological polar surface area (TPSA) is 180 Å². The molecule has 0 aliphatic carbocycles. The SMILES string of the molecule is NC(N)=NC[C@@H]1c2[nH]ncc2[C@H]2CN1C(=O)N2OS(=O)(=O)O. The number of nitrogens with two attached hydrogens (primary N) is 2. The number of nitrogens with one attached hydrogen (secondary N) is 1. The molecule has 2 aliphatic heterocycles. The molecule has 12 nitrogen and oxygen atoms in total. The maximum atomic E-state index is 12.3. The van der Waals surface area contributed by atoms with Crippen LogP contribution < -0.4 is 11.5 Å². The Bertz CT molecular complexity index is 739. The van der Waals surface area contributed by atoms with Gasteiger partial charge in [-0.2, -0.15) is 18.6 Å². The highest BCUT2D eigenvalue weighted by atomic mass is 32.3. The highest BCUT2D eigenvalue weighted by Gasteiger charge is 2.50. The Balaban J connectivity index is 1.98. The fourth-order valence-electron chi connectivity index (χ4n) is 2.64. The van der Waals surface area contributed by atoms with Crippen molar-refractivity contribution >= 4 is 22.4 Å². The monoisotopic (exact) mass is 331 g/mol. The van der Waals surface area contributed by atoms with E-state index in [2.05, 4.69) is 19.5 Å². The van der Waals surface area contributed by atoms with Gasteiger partial charge in [0.1, 0.15) is 6.04 Å². The fourth-order valence-corrected chi connectivity index (χ4v) is 3.02. The van der Waals surface area contributed by atoms with Gasteiger partial charge in [-0.1, -0.05) is 0 Å². The van der Waals surface area contributed by atoms with Crippen LogP contribution in [0.1, 0.15) is 23.3 Å². The number of H-pyrrole nitrogens is 1. The second kappa shape index (κ2) is 4.82. The minimum atomic E-state index is -4.83. The molecule has 120 valence electrons. The maximum Gasteiger partial charge on any atom is 0.418 e. The van der Waals surface area contributed by atoms with Gasteiger partial charge in [-0.05, 0) is 0 Å². The van der Waals surface area contributed by atoms with Crippen molar-refractivity contribution < 1.29 is 22.0 Å². The molecule has 2 aliphatic rings. The lowest BCUT2D eigenvalue weighted by atomic mass is 9.98. The molecule has 0 aromatic carbocycles. The third kappa shape index (κ3) is 2.34. The number of guanidine groups is 1. The van der Waals surface area contributed by atoms with Crippen molar-refractivity contribution in [1.29, 1.82) is 0 Å². The molecular formula is C9H13N7O5S. The summed E-state index contributed by atoms with van der Waals surface area (Å²) in [5, 5.41) is 7.23. The summed E-state index contributed by atoms with van der Waals surface area (Å²) in [4.78, 5) is 17.5. The summed E-state index contributed by atoms with van der Waals surface area (Å²) in [7, 11) is -4.83. The lowest BCUT2D eigenvalue weighted by molar-refractivity contribution is -0.0317. The van der Waals surface area contributed by atoms with Gasteiger partial charge < -0.3 is 16.4 Å². The summed E-state index contributed by atoms with van der Waals surface area (Å²) >= 11 is 0. The molecule has 0 unspecified atom stereocenters. The van der Waals surface area contributed by atoms with Crippen molar-refractivity contribution in [3.05, 3.63) is 17.5 Å². The molecule has 1 aromatic rings. The van der Waals surface area contributed by atoms with Crippen molar-refractivity contribution in [3.8, 4) is 0 Å². The largest absolute Gasteiger partial charge is 0.418 e. The Morgan fingerprint density at radius 1 is 1.59 bits per heavy atom. The first-order chi connectivity index (χ1) is 10.3. The number of carbonyl (C=O) groups is 1. The molecule has 0 radical (unpaired) electrons. The van der Waals surface area contributed by atoms with Gasteiger partial charge in [0.2, 0.25) is 0 Å². The summed E-state index contributed by atoms with van der Waals surface area (Å²) in [6.07, 6.45) is 1.46. The minimum absolute atomic E-state index is 0.0791. The number of carbonyl (C=O) groups excluding carboxylic acids is 1. The minimum Gasteiger partial charge on any atom is -0.370 e. The molecule has 1 aromatic heterocycles. The van der Waals surface area contributed by atoms with Crippen LogP contribution in [0.4, 0.5) is 4.79 Å². The normalized spacial score (nSPS) is 23.6. The molecule has 0 spiro atoms. The van der Waals surface area contributed by atoms with Crippen LogP contribution in [0.5, 0.6) is 0 Å². The first kappa shape index (κ1) is 14.6. The number of hydrogen-bond donors (Lipinski definition) is 4. The van der Waals surface area contributed by atoms with E-state index in [0.717, 1.165) is 0 Å². The predicted molar refractivity (Wildman–Crippen MR) is 71.3 cm³/mol. The van der Waals surface area contributed by atoms with E-state index in [9.17, 15) is 13.2 Å².